The zero-order chi connectivity index (χ0) is 22.7. The monoisotopic (exact) mass is 467 g/mol. The van der Waals surface area contributed by atoms with Crippen molar-refractivity contribution in [1.82, 2.24) is 4.98 Å². The number of carboxylic acids is 1. The molecule has 1 fully saturated rings. The average molecular weight is 468 g/mol. The number of halogens is 1. The molecule has 2 aromatic carbocycles. The third-order valence-corrected chi connectivity index (χ3v) is 6.43. The van der Waals surface area contributed by atoms with Crippen molar-refractivity contribution < 1.29 is 14.7 Å². The Kier molecular flexibility index (Phi) is 6.67. The van der Waals surface area contributed by atoms with Crippen LogP contribution < -0.4 is 9.21 Å². The third-order valence-electron chi connectivity index (χ3n) is 5.22. The van der Waals surface area contributed by atoms with Gasteiger partial charge in [0.1, 0.15) is 5.82 Å². The lowest BCUT2D eigenvalue weighted by molar-refractivity contribution is -0.117. The van der Waals surface area contributed by atoms with Gasteiger partial charge in [-0.3, -0.25) is 9.10 Å². The van der Waals surface area contributed by atoms with Crippen LogP contribution in [0, 0.1) is 6.92 Å². The number of pyridine rings is 1. The van der Waals surface area contributed by atoms with Crippen molar-refractivity contribution >= 4 is 46.9 Å². The molecule has 3 aromatic rings. The van der Waals surface area contributed by atoms with Gasteiger partial charge in [-0.2, -0.15) is 0 Å². The van der Waals surface area contributed by atoms with Crippen LogP contribution in [0.15, 0.2) is 65.7 Å². The van der Waals surface area contributed by atoms with Gasteiger partial charge in [-0.05, 0) is 78.9 Å². The summed E-state index contributed by atoms with van der Waals surface area (Å²) in [6, 6.07) is 16.6. The van der Waals surface area contributed by atoms with Crippen LogP contribution in [0.3, 0.4) is 0 Å². The van der Waals surface area contributed by atoms with E-state index in [9.17, 15) is 9.59 Å². The predicted octanol–water partition coefficient (Wildman–Crippen LogP) is 5.58. The Morgan fingerprint density at radius 3 is 2.50 bits per heavy atom. The van der Waals surface area contributed by atoms with Crippen LogP contribution in [0.1, 0.15) is 34.3 Å². The second kappa shape index (κ2) is 9.63. The predicted molar refractivity (Wildman–Crippen MR) is 127 cm³/mol. The van der Waals surface area contributed by atoms with Gasteiger partial charge in [0.15, 0.2) is 0 Å². The molecule has 0 saturated carbocycles. The van der Waals surface area contributed by atoms with E-state index in [2.05, 4.69) is 9.29 Å². The molecule has 0 atom stereocenters. The number of nitrogens with zero attached hydrogens (tertiary/aromatic N) is 3. The number of hydrogen-bond acceptors (Lipinski definition) is 5. The molecule has 0 radical (unpaired) electrons. The van der Waals surface area contributed by atoms with Crippen LogP contribution in [0.25, 0.3) is 0 Å². The highest BCUT2D eigenvalue weighted by molar-refractivity contribution is 8.00. The fourth-order valence-electron chi connectivity index (χ4n) is 3.60. The van der Waals surface area contributed by atoms with Gasteiger partial charge in [-0.25, -0.2) is 9.78 Å². The molecule has 1 saturated heterocycles. The smallest absolute Gasteiger partial charge is 0.335 e. The number of rotatable bonds is 7. The fraction of sp³-hybridized carbons (Fsp3) is 0.208. The Balaban J connectivity index is 1.58. The molecular weight excluding hydrogens is 446 g/mol. The molecule has 0 unspecified atom stereocenters. The van der Waals surface area contributed by atoms with E-state index in [4.69, 9.17) is 16.7 Å². The van der Waals surface area contributed by atoms with Crippen molar-refractivity contribution in [3.63, 3.8) is 0 Å². The van der Waals surface area contributed by atoms with Crippen molar-refractivity contribution in [2.24, 2.45) is 0 Å². The molecule has 1 N–H and O–H groups in total. The fourth-order valence-corrected chi connectivity index (χ4v) is 4.81. The number of amides is 1. The maximum Gasteiger partial charge on any atom is 0.335 e. The summed E-state index contributed by atoms with van der Waals surface area (Å²) in [6.45, 7) is 3.28. The lowest BCUT2D eigenvalue weighted by Gasteiger charge is -2.24. The number of carboxylic acid groups (broad SMARTS) is 1. The maximum absolute atomic E-state index is 12.0. The van der Waals surface area contributed by atoms with Gasteiger partial charge in [0.05, 0.1) is 17.1 Å². The van der Waals surface area contributed by atoms with E-state index in [-0.39, 0.29) is 11.5 Å². The molecule has 1 aliphatic heterocycles. The Labute approximate surface area is 196 Å². The first kappa shape index (κ1) is 22.2. The average Bonchev–Trinajstić information content (AvgIpc) is 3.20. The first-order valence-electron chi connectivity index (χ1n) is 10.2. The molecule has 0 aliphatic carbocycles. The molecule has 2 heterocycles. The summed E-state index contributed by atoms with van der Waals surface area (Å²) < 4.78 is 2.05. The summed E-state index contributed by atoms with van der Waals surface area (Å²) in [5.74, 6) is -0.00794. The Hall–Kier alpha value is -3.03. The quantitative estimate of drug-likeness (QED) is 0.457. The van der Waals surface area contributed by atoms with Gasteiger partial charge in [-0.1, -0.05) is 23.7 Å². The summed E-state index contributed by atoms with van der Waals surface area (Å²) in [5.41, 5.74) is 3.16. The lowest BCUT2D eigenvalue weighted by atomic mass is 10.2. The van der Waals surface area contributed by atoms with Gasteiger partial charge < -0.3 is 10.0 Å². The van der Waals surface area contributed by atoms with Crippen molar-refractivity contribution in [3.8, 4) is 0 Å². The highest BCUT2D eigenvalue weighted by atomic mass is 35.5. The molecule has 1 amide bonds. The van der Waals surface area contributed by atoms with Crippen LogP contribution >= 0.6 is 23.5 Å². The lowest BCUT2D eigenvalue weighted by Crippen LogP contribution is -2.23. The summed E-state index contributed by atoms with van der Waals surface area (Å²) in [4.78, 5) is 30.4. The minimum atomic E-state index is -0.954. The number of carbonyl (C=O) groups excluding carboxylic acids is 1. The molecular formula is C24H22ClN3O3S. The standard InChI is InChI=1S/C24H22ClN3O3S/c1-16-13-19(25)14-26-23(16)28(32-21-10-6-18(7-11-21)24(30)31)15-17-4-8-20(9-5-17)27-12-2-3-22(27)29/h4-11,13-14H,2-3,12,15H2,1H3,(H,30,31). The van der Waals surface area contributed by atoms with Gasteiger partial charge in [0.25, 0.3) is 0 Å². The molecule has 8 heteroatoms. The number of carbonyl (C=O) groups is 2. The number of aromatic nitrogens is 1. The highest BCUT2D eigenvalue weighted by Crippen LogP contribution is 2.33. The molecule has 4 rings (SSSR count). The zero-order valence-electron chi connectivity index (χ0n) is 17.5. The molecule has 0 spiro atoms. The normalized spacial score (nSPS) is 13.4. The molecule has 32 heavy (non-hydrogen) atoms. The van der Waals surface area contributed by atoms with Gasteiger partial charge >= 0.3 is 5.97 Å². The zero-order valence-corrected chi connectivity index (χ0v) is 19.1. The highest BCUT2D eigenvalue weighted by Gasteiger charge is 2.22. The number of anilines is 2. The van der Waals surface area contributed by atoms with Crippen molar-refractivity contribution in [1.29, 1.82) is 0 Å². The molecule has 0 bridgehead atoms. The van der Waals surface area contributed by atoms with Crippen LogP contribution in [0.2, 0.25) is 5.02 Å². The van der Waals surface area contributed by atoms with Gasteiger partial charge in [0, 0.05) is 29.7 Å². The number of aryl methyl sites for hydroxylation is 1. The van der Waals surface area contributed by atoms with E-state index >= 15 is 0 Å². The summed E-state index contributed by atoms with van der Waals surface area (Å²) in [6.07, 6.45) is 3.12. The minimum Gasteiger partial charge on any atom is -0.478 e. The number of hydrogen-bond donors (Lipinski definition) is 1. The van der Waals surface area contributed by atoms with E-state index in [1.165, 1.54) is 11.9 Å². The van der Waals surface area contributed by atoms with Gasteiger partial charge in [0.2, 0.25) is 5.91 Å². The second-order valence-corrected chi connectivity index (χ2v) is 9.10. The Bertz CT molecular complexity index is 1140. The van der Waals surface area contributed by atoms with Crippen LogP contribution in [-0.4, -0.2) is 28.5 Å². The Morgan fingerprint density at radius 1 is 1.19 bits per heavy atom. The van der Waals surface area contributed by atoms with Crippen LogP contribution in [0.5, 0.6) is 0 Å². The first-order chi connectivity index (χ1) is 15.4. The van der Waals surface area contributed by atoms with Crippen molar-refractivity contribution in [3.05, 3.63) is 82.5 Å². The molecule has 6 nitrogen and oxygen atoms in total. The van der Waals surface area contributed by atoms with Crippen LogP contribution in [-0.2, 0) is 11.3 Å². The summed E-state index contributed by atoms with van der Waals surface area (Å²) >= 11 is 7.58. The van der Waals surface area contributed by atoms with E-state index in [1.54, 1.807) is 30.5 Å². The second-order valence-electron chi connectivity index (χ2n) is 7.57. The molecule has 164 valence electrons. The summed E-state index contributed by atoms with van der Waals surface area (Å²) in [5, 5.41) is 9.72. The minimum absolute atomic E-state index is 0.167. The number of benzene rings is 2. The SMILES string of the molecule is Cc1cc(Cl)cnc1N(Cc1ccc(N2CCCC2=O)cc1)Sc1ccc(C(=O)O)cc1. The van der Waals surface area contributed by atoms with E-state index < -0.39 is 5.97 Å². The molecule has 1 aromatic heterocycles. The van der Waals surface area contributed by atoms with Crippen molar-refractivity contribution in [2.45, 2.75) is 31.2 Å². The number of aromatic carboxylic acids is 1. The third kappa shape index (κ3) is 5.06. The topological polar surface area (TPSA) is 73.7 Å². The maximum atomic E-state index is 12.0. The molecule has 1 aliphatic rings. The van der Waals surface area contributed by atoms with E-state index in [1.807, 2.05) is 42.2 Å². The van der Waals surface area contributed by atoms with E-state index in [0.29, 0.717) is 18.0 Å². The largest absolute Gasteiger partial charge is 0.478 e. The first-order valence-corrected chi connectivity index (χ1v) is 11.4. The van der Waals surface area contributed by atoms with Crippen LogP contribution in [0.4, 0.5) is 11.5 Å². The Morgan fingerprint density at radius 2 is 1.91 bits per heavy atom. The van der Waals surface area contributed by atoms with E-state index in [0.717, 1.165) is 40.5 Å². The van der Waals surface area contributed by atoms with Crippen molar-refractivity contribution in [2.75, 3.05) is 15.7 Å². The van der Waals surface area contributed by atoms with Gasteiger partial charge in [-0.15, -0.1) is 0 Å². The summed E-state index contributed by atoms with van der Waals surface area (Å²) in [7, 11) is 0.